The van der Waals surface area contributed by atoms with Crippen molar-refractivity contribution in [1.29, 1.82) is 0 Å². The molecule has 0 bridgehead atoms. The lowest BCUT2D eigenvalue weighted by molar-refractivity contribution is 0.338. The quantitative estimate of drug-likeness (QED) is 0.790. The molecule has 0 unspecified atom stereocenters. The van der Waals surface area contributed by atoms with Gasteiger partial charge in [0.25, 0.3) is 0 Å². The summed E-state index contributed by atoms with van der Waals surface area (Å²) in [7, 11) is -3.80. The van der Waals surface area contributed by atoms with Crippen LogP contribution in [0.15, 0.2) is 46.0 Å². The van der Waals surface area contributed by atoms with Crippen LogP contribution in [-0.4, -0.2) is 14.1 Å². The summed E-state index contributed by atoms with van der Waals surface area (Å²) in [6.45, 7) is 3.88. The summed E-state index contributed by atoms with van der Waals surface area (Å²) in [5.41, 5.74) is 2.85. The Morgan fingerprint density at radius 1 is 1.11 bits per heavy atom. The van der Waals surface area contributed by atoms with Gasteiger partial charge in [0, 0.05) is 0 Å². The fourth-order valence-corrected chi connectivity index (χ4v) is 2.42. The molecule has 1 aliphatic rings. The van der Waals surface area contributed by atoms with Crippen LogP contribution in [0.2, 0.25) is 0 Å². The molecule has 0 amide bonds. The van der Waals surface area contributed by atoms with Crippen LogP contribution in [0.4, 0.5) is 0 Å². The highest BCUT2D eigenvalue weighted by molar-refractivity contribution is 7.86. The highest BCUT2D eigenvalue weighted by atomic mass is 32.2. The van der Waals surface area contributed by atoms with Crippen LogP contribution >= 0.6 is 0 Å². The summed E-state index contributed by atoms with van der Waals surface area (Å²) in [6.07, 6.45) is 3.49. The van der Waals surface area contributed by atoms with Crippen molar-refractivity contribution in [3.05, 3.63) is 41.5 Å². The summed E-state index contributed by atoms with van der Waals surface area (Å²) >= 11 is 0. The van der Waals surface area contributed by atoms with E-state index in [4.69, 9.17) is 4.28 Å². The van der Waals surface area contributed by atoms with Gasteiger partial charge in [-0.1, -0.05) is 28.4 Å². The lowest BCUT2D eigenvalue weighted by Gasteiger charge is -2.02. The van der Waals surface area contributed by atoms with Gasteiger partial charge in [-0.05, 0) is 44.9 Å². The van der Waals surface area contributed by atoms with E-state index in [0.29, 0.717) is 5.71 Å². The summed E-state index contributed by atoms with van der Waals surface area (Å²) in [4.78, 5) is 0.121. The molecule has 0 spiro atoms. The van der Waals surface area contributed by atoms with E-state index in [1.54, 1.807) is 12.1 Å². The number of hydrogen-bond acceptors (Lipinski definition) is 4. The zero-order valence-electron chi connectivity index (χ0n) is 10.4. The topological polar surface area (TPSA) is 55.7 Å². The highest BCUT2D eigenvalue weighted by Gasteiger charge is 2.16. The van der Waals surface area contributed by atoms with Crippen molar-refractivity contribution in [3.63, 3.8) is 0 Å². The van der Waals surface area contributed by atoms with Crippen molar-refractivity contribution in [2.24, 2.45) is 5.16 Å². The van der Waals surface area contributed by atoms with Crippen molar-refractivity contribution < 1.29 is 12.7 Å². The van der Waals surface area contributed by atoms with Crippen LogP contribution in [-0.2, 0) is 14.4 Å². The predicted molar refractivity (Wildman–Crippen MR) is 69.9 cm³/mol. The van der Waals surface area contributed by atoms with Crippen molar-refractivity contribution in [2.75, 3.05) is 0 Å². The number of rotatable bonds is 3. The zero-order chi connectivity index (χ0) is 13.2. The Bertz CT molecular complexity index is 598. The first-order valence-electron chi connectivity index (χ1n) is 5.72. The molecule has 96 valence electrons. The van der Waals surface area contributed by atoms with Gasteiger partial charge in [0.05, 0.1) is 5.71 Å². The lowest BCUT2D eigenvalue weighted by Crippen LogP contribution is -2.04. The van der Waals surface area contributed by atoms with E-state index >= 15 is 0 Å². The first kappa shape index (κ1) is 12.8. The standard InChI is InChI=1S/C13H15NO3S/c1-10-4-7-13(8-5-10)18(15,16)17-14-12-6-3-11(2)9-12/h4-5,7-9H,3,6H2,1-2H3/b14-12-. The Labute approximate surface area is 107 Å². The van der Waals surface area contributed by atoms with Crippen molar-refractivity contribution in [1.82, 2.24) is 0 Å². The highest BCUT2D eigenvalue weighted by Crippen LogP contribution is 2.17. The van der Waals surface area contributed by atoms with Crippen molar-refractivity contribution in [2.45, 2.75) is 31.6 Å². The van der Waals surface area contributed by atoms with Crippen molar-refractivity contribution in [3.8, 4) is 0 Å². The Morgan fingerprint density at radius 2 is 1.78 bits per heavy atom. The molecular weight excluding hydrogens is 250 g/mol. The number of aryl methyl sites for hydroxylation is 1. The van der Waals surface area contributed by atoms with E-state index in [-0.39, 0.29) is 4.90 Å². The number of oxime groups is 1. The zero-order valence-corrected chi connectivity index (χ0v) is 11.2. The molecule has 0 N–H and O–H groups in total. The first-order valence-corrected chi connectivity index (χ1v) is 7.12. The van der Waals surface area contributed by atoms with E-state index < -0.39 is 10.1 Å². The first-order chi connectivity index (χ1) is 8.47. The monoisotopic (exact) mass is 265 g/mol. The van der Waals surface area contributed by atoms with Gasteiger partial charge in [0.15, 0.2) is 0 Å². The molecular formula is C13H15NO3S. The molecule has 0 aliphatic heterocycles. The number of nitrogens with zero attached hydrogens (tertiary/aromatic N) is 1. The average Bonchev–Trinajstić information content (AvgIpc) is 2.73. The number of benzene rings is 1. The minimum Gasteiger partial charge on any atom is -0.265 e. The smallest absolute Gasteiger partial charge is 0.265 e. The summed E-state index contributed by atoms with van der Waals surface area (Å²) in [5, 5.41) is 3.70. The Kier molecular flexibility index (Phi) is 3.52. The van der Waals surface area contributed by atoms with E-state index in [9.17, 15) is 8.42 Å². The maximum atomic E-state index is 11.8. The molecule has 4 nitrogen and oxygen atoms in total. The molecule has 0 atom stereocenters. The Balaban J connectivity index is 2.15. The summed E-state index contributed by atoms with van der Waals surface area (Å²) in [6, 6.07) is 6.48. The summed E-state index contributed by atoms with van der Waals surface area (Å²) < 4.78 is 28.4. The lowest BCUT2D eigenvalue weighted by atomic mass is 10.2. The van der Waals surface area contributed by atoms with Gasteiger partial charge >= 0.3 is 10.1 Å². The SMILES string of the molecule is CC1=C/C(=N\OS(=O)(=O)c2ccc(C)cc2)CC1. The maximum absolute atomic E-state index is 11.8. The molecule has 0 fully saturated rings. The number of allylic oxidation sites excluding steroid dienone is 2. The minimum atomic E-state index is -3.80. The van der Waals surface area contributed by atoms with Crippen LogP contribution in [0, 0.1) is 6.92 Å². The minimum absolute atomic E-state index is 0.121. The third-order valence-corrected chi connectivity index (χ3v) is 3.87. The largest absolute Gasteiger partial charge is 0.358 e. The normalized spacial score (nSPS) is 17.9. The average molecular weight is 265 g/mol. The van der Waals surface area contributed by atoms with Gasteiger partial charge in [-0.25, -0.2) is 0 Å². The molecule has 18 heavy (non-hydrogen) atoms. The van der Waals surface area contributed by atoms with Crippen LogP contribution in [0.1, 0.15) is 25.3 Å². The van der Waals surface area contributed by atoms with Crippen molar-refractivity contribution >= 4 is 15.8 Å². The molecule has 0 saturated carbocycles. The molecule has 1 aromatic rings. The third-order valence-electron chi connectivity index (χ3n) is 2.75. The molecule has 5 heteroatoms. The molecule has 0 aromatic heterocycles. The maximum Gasteiger partial charge on any atom is 0.358 e. The fourth-order valence-electron chi connectivity index (χ4n) is 1.67. The second kappa shape index (κ2) is 4.94. The van der Waals surface area contributed by atoms with E-state index in [1.807, 2.05) is 19.9 Å². The Morgan fingerprint density at radius 3 is 2.33 bits per heavy atom. The third kappa shape index (κ3) is 2.98. The van der Waals surface area contributed by atoms with Gasteiger partial charge in [-0.15, -0.1) is 0 Å². The summed E-state index contributed by atoms with van der Waals surface area (Å²) in [5.74, 6) is 0. The molecule has 0 saturated heterocycles. The van der Waals surface area contributed by atoms with Crippen LogP contribution in [0.25, 0.3) is 0 Å². The van der Waals surface area contributed by atoms with E-state index in [2.05, 4.69) is 5.16 Å². The van der Waals surface area contributed by atoms with Crippen LogP contribution in [0.3, 0.4) is 0 Å². The van der Waals surface area contributed by atoms with Gasteiger partial charge < -0.3 is 0 Å². The van der Waals surface area contributed by atoms with Crippen LogP contribution in [0.5, 0.6) is 0 Å². The van der Waals surface area contributed by atoms with Gasteiger partial charge in [-0.2, -0.15) is 8.42 Å². The van der Waals surface area contributed by atoms with Gasteiger partial charge in [-0.3, -0.25) is 4.28 Å². The predicted octanol–water partition coefficient (Wildman–Crippen LogP) is 2.80. The fraction of sp³-hybridized carbons (Fsp3) is 0.308. The van der Waals surface area contributed by atoms with Gasteiger partial charge in [0.2, 0.25) is 0 Å². The Hall–Kier alpha value is -1.62. The van der Waals surface area contributed by atoms with E-state index in [1.165, 1.54) is 17.7 Å². The van der Waals surface area contributed by atoms with Gasteiger partial charge in [0.1, 0.15) is 4.90 Å². The molecule has 2 rings (SSSR count). The number of hydrogen-bond donors (Lipinski definition) is 0. The second-order valence-electron chi connectivity index (χ2n) is 4.42. The molecule has 1 aromatic carbocycles. The second-order valence-corrected chi connectivity index (χ2v) is 5.94. The van der Waals surface area contributed by atoms with Crippen LogP contribution < -0.4 is 0 Å². The molecule has 0 radical (unpaired) electrons. The molecule has 1 aliphatic carbocycles. The molecule has 0 heterocycles. The van der Waals surface area contributed by atoms with E-state index in [0.717, 1.165) is 18.4 Å².